The molecule has 2 rings (SSSR count). The van der Waals surface area contributed by atoms with Crippen molar-refractivity contribution >= 4 is 23.2 Å². The van der Waals surface area contributed by atoms with Gasteiger partial charge >= 0.3 is 0 Å². The quantitative estimate of drug-likeness (QED) is 0.893. The normalized spacial score (nSPS) is 21.6. The summed E-state index contributed by atoms with van der Waals surface area (Å²) in [5, 5.41) is 5.15. The Morgan fingerprint density at radius 2 is 2.05 bits per heavy atom. The predicted octanol–water partition coefficient (Wildman–Crippen LogP) is 3.81. The van der Waals surface area contributed by atoms with Crippen molar-refractivity contribution in [2.75, 3.05) is 19.6 Å². The van der Waals surface area contributed by atoms with E-state index in [4.69, 9.17) is 23.2 Å². The van der Waals surface area contributed by atoms with Gasteiger partial charge < -0.3 is 5.32 Å². The summed E-state index contributed by atoms with van der Waals surface area (Å²) in [7, 11) is 0. The Kier molecular flexibility index (Phi) is 4.78. The Balaban J connectivity index is 2.05. The largest absolute Gasteiger partial charge is 0.311 e. The van der Waals surface area contributed by atoms with E-state index in [-0.39, 0.29) is 5.41 Å². The highest BCUT2D eigenvalue weighted by molar-refractivity contribution is 6.33. The SMILES string of the molecule is CC(C)(C)C1CN(Cc2cc(Cl)ccc2Cl)CCN1. The van der Waals surface area contributed by atoms with Gasteiger partial charge in [0.2, 0.25) is 0 Å². The molecule has 2 nitrogen and oxygen atoms in total. The van der Waals surface area contributed by atoms with Crippen LogP contribution in [0.5, 0.6) is 0 Å². The van der Waals surface area contributed by atoms with E-state index in [1.165, 1.54) is 0 Å². The van der Waals surface area contributed by atoms with E-state index >= 15 is 0 Å². The first kappa shape index (κ1) is 15.1. The Bertz CT molecular complexity index is 440. The molecule has 0 bridgehead atoms. The zero-order valence-corrected chi connectivity index (χ0v) is 13.4. The summed E-state index contributed by atoms with van der Waals surface area (Å²) in [6.07, 6.45) is 0. The van der Waals surface area contributed by atoms with Crippen molar-refractivity contribution in [3.8, 4) is 0 Å². The molecule has 1 heterocycles. The smallest absolute Gasteiger partial charge is 0.0452 e. The van der Waals surface area contributed by atoms with Crippen LogP contribution in [0.4, 0.5) is 0 Å². The first-order valence-electron chi connectivity index (χ1n) is 6.76. The fraction of sp³-hybridized carbons (Fsp3) is 0.600. The summed E-state index contributed by atoms with van der Waals surface area (Å²) in [5.41, 5.74) is 1.39. The van der Waals surface area contributed by atoms with Gasteiger partial charge in [-0.3, -0.25) is 4.90 Å². The standard InChI is InChI=1S/C15H22Cl2N2/c1-15(2,3)14-10-19(7-6-18-14)9-11-8-12(16)4-5-13(11)17/h4-5,8,14,18H,6-7,9-10H2,1-3H3. The maximum atomic E-state index is 6.24. The van der Waals surface area contributed by atoms with E-state index in [0.717, 1.165) is 41.8 Å². The van der Waals surface area contributed by atoms with Crippen LogP contribution in [-0.2, 0) is 6.54 Å². The number of piperazine rings is 1. The molecule has 19 heavy (non-hydrogen) atoms. The average Bonchev–Trinajstić information content (AvgIpc) is 2.33. The maximum Gasteiger partial charge on any atom is 0.0452 e. The average molecular weight is 301 g/mol. The Labute approximate surface area is 126 Å². The second-order valence-electron chi connectivity index (χ2n) is 6.34. The number of benzene rings is 1. The molecule has 1 aromatic rings. The van der Waals surface area contributed by atoms with Gasteiger partial charge in [0.05, 0.1) is 0 Å². The molecular formula is C15H22Cl2N2. The lowest BCUT2D eigenvalue weighted by molar-refractivity contribution is 0.129. The van der Waals surface area contributed by atoms with Crippen molar-refractivity contribution in [2.45, 2.75) is 33.4 Å². The maximum absolute atomic E-state index is 6.24. The molecule has 0 amide bonds. The van der Waals surface area contributed by atoms with Crippen LogP contribution in [0.2, 0.25) is 10.0 Å². The molecule has 4 heteroatoms. The lowest BCUT2D eigenvalue weighted by Gasteiger charge is -2.40. The highest BCUT2D eigenvalue weighted by Crippen LogP contribution is 2.25. The van der Waals surface area contributed by atoms with Crippen LogP contribution < -0.4 is 5.32 Å². The van der Waals surface area contributed by atoms with Crippen LogP contribution in [0.1, 0.15) is 26.3 Å². The summed E-state index contributed by atoms with van der Waals surface area (Å²) in [4.78, 5) is 2.45. The summed E-state index contributed by atoms with van der Waals surface area (Å²) < 4.78 is 0. The molecule has 1 unspecified atom stereocenters. The highest BCUT2D eigenvalue weighted by Gasteiger charge is 2.29. The molecule has 0 aromatic heterocycles. The molecular weight excluding hydrogens is 279 g/mol. The molecule has 0 aliphatic carbocycles. The second kappa shape index (κ2) is 6.01. The van der Waals surface area contributed by atoms with Gasteiger partial charge in [-0.05, 0) is 29.2 Å². The van der Waals surface area contributed by atoms with Crippen molar-refractivity contribution in [1.82, 2.24) is 10.2 Å². The minimum atomic E-state index is 0.275. The van der Waals surface area contributed by atoms with E-state index in [0.29, 0.717) is 6.04 Å². The highest BCUT2D eigenvalue weighted by atomic mass is 35.5. The van der Waals surface area contributed by atoms with Crippen LogP contribution in [0.15, 0.2) is 18.2 Å². The van der Waals surface area contributed by atoms with Crippen LogP contribution in [-0.4, -0.2) is 30.6 Å². The minimum Gasteiger partial charge on any atom is -0.311 e. The molecule has 0 spiro atoms. The summed E-state index contributed by atoms with van der Waals surface area (Å²) in [6.45, 7) is 10.8. The van der Waals surface area contributed by atoms with Crippen LogP contribution in [0, 0.1) is 5.41 Å². The molecule has 0 radical (unpaired) electrons. The number of rotatable bonds is 2. The van der Waals surface area contributed by atoms with Crippen molar-refractivity contribution in [3.05, 3.63) is 33.8 Å². The summed E-state index contributed by atoms with van der Waals surface area (Å²) in [6, 6.07) is 6.20. The van der Waals surface area contributed by atoms with Crippen LogP contribution in [0.25, 0.3) is 0 Å². The van der Waals surface area contributed by atoms with Crippen LogP contribution in [0.3, 0.4) is 0 Å². The van der Waals surface area contributed by atoms with Crippen molar-refractivity contribution < 1.29 is 0 Å². The monoisotopic (exact) mass is 300 g/mol. The summed E-state index contributed by atoms with van der Waals surface area (Å²) in [5.74, 6) is 0. The molecule has 106 valence electrons. The molecule has 1 saturated heterocycles. The van der Waals surface area contributed by atoms with Gasteiger partial charge in [0.1, 0.15) is 0 Å². The van der Waals surface area contributed by atoms with Crippen molar-refractivity contribution in [3.63, 3.8) is 0 Å². The number of hydrogen-bond donors (Lipinski definition) is 1. The van der Waals surface area contributed by atoms with E-state index in [2.05, 4.69) is 31.0 Å². The minimum absolute atomic E-state index is 0.275. The van der Waals surface area contributed by atoms with Gasteiger partial charge in [-0.25, -0.2) is 0 Å². The van der Waals surface area contributed by atoms with Crippen LogP contribution >= 0.6 is 23.2 Å². The molecule has 1 atom stereocenters. The van der Waals surface area contributed by atoms with E-state index in [1.54, 1.807) is 0 Å². The molecule has 1 aliphatic rings. The summed E-state index contributed by atoms with van der Waals surface area (Å²) >= 11 is 12.3. The van der Waals surface area contributed by atoms with Crippen molar-refractivity contribution in [1.29, 1.82) is 0 Å². The first-order chi connectivity index (χ1) is 8.86. The molecule has 1 aromatic carbocycles. The first-order valence-corrected chi connectivity index (χ1v) is 7.51. The van der Waals surface area contributed by atoms with E-state index in [9.17, 15) is 0 Å². The predicted molar refractivity (Wildman–Crippen MR) is 83.0 cm³/mol. The zero-order chi connectivity index (χ0) is 14.0. The molecule has 1 N–H and O–H groups in total. The third-order valence-electron chi connectivity index (χ3n) is 3.71. The fourth-order valence-electron chi connectivity index (χ4n) is 2.44. The van der Waals surface area contributed by atoms with Gasteiger partial charge in [-0.1, -0.05) is 44.0 Å². The molecule has 1 fully saturated rings. The fourth-order valence-corrected chi connectivity index (χ4v) is 2.81. The second-order valence-corrected chi connectivity index (χ2v) is 7.19. The van der Waals surface area contributed by atoms with Gasteiger partial charge in [-0.15, -0.1) is 0 Å². The Morgan fingerprint density at radius 1 is 1.32 bits per heavy atom. The molecule has 0 saturated carbocycles. The lowest BCUT2D eigenvalue weighted by Crippen LogP contribution is -2.55. The lowest BCUT2D eigenvalue weighted by atomic mass is 9.85. The van der Waals surface area contributed by atoms with E-state index < -0.39 is 0 Å². The third kappa shape index (κ3) is 4.09. The third-order valence-corrected chi connectivity index (χ3v) is 4.31. The number of hydrogen-bond acceptors (Lipinski definition) is 2. The van der Waals surface area contributed by atoms with Gasteiger partial charge in [0.25, 0.3) is 0 Å². The van der Waals surface area contributed by atoms with Crippen molar-refractivity contribution in [2.24, 2.45) is 5.41 Å². The van der Waals surface area contributed by atoms with Gasteiger partial charge in [0.15, 0.2) is 0 Å². The molecule has 1 aliphatic heterocycles. The number of halogens is 2. The Morgan fingerprint density at radius 3 is 2.74 bits per heavy atom. The zero-order valence-electron chi connectivity index (χ0n) is 11.8. The van der Waals surface area contributed by atoms with Gasteiger partial charge in [-0.2, -0.15) is 0 Å². The number of nitrogens with zero attached hydrogens (tertiary/aromatic N) is 1. The number of nitrogens with one attached hydrogen (secondary N) is 1. The van der Waals surface area contributed by atoms with Gasteiger partial charge in [0, 0.05) is 42.3 Å². The Hall–Kier alpha value is -0.280. The van der Waals surface area contributed by atoms with E-state index in [1.807, 2.05) is 18.2 Å². The topological polar surface area (TPSA) is 15.3 Å².